The number of benzene rings is 1. The second-order valence-corrected chi connectivity index (χ2v) is 7.05. The third-order valence-corrected chi connectivity index (χ3v) is 4.44. The van der Waals surface area contributed by atoms with Crippen LogP contribution in [0.4, 0.5) is 26.2 Å². The first kappa shape index (κ1) is 17.9. The van der Waals surface area contributed by atoms with Gasteiger partial charge in [-0.05, 0) is 12.1 Å². The number of hydrogen-bond donors (Lipinski definition) is 3. The highest BCUT2D eigenvalue weighted by Gasteiger charge is 2.28. The minimum absolute atomic E-state index is 0.237. The van der Waals surface area contributed by atoms with Gasteiger partial charge in [0.15, 0.2) is 0 Å². The fourth-order valence-corrected chi connectivity index (χ4v) is 3.05. The Hall–Kier alpha value is -2.42. The highest BCUT2D eigenvalue weighted by molar-refractivity contribution is 7.86. The quantitative estimate of drug-likeness (QED) is 0.297. The van der Waals surface area contributed by atoms with Crippen LogP contribution in [0.3, 0.4) is 0 Å². The minimum Gasteiger partial charge on any atom is -0.398 e. The van der Waals surface area contributed by atoms with Gasteiger partial charge in [-0.2, -0.15) is 26.2 Å². The van der Waals surface area contributed by atoms with Crippen LogP contribution in [0.15, 0.2) is 34.2 Å². The topological polar surface area (TPSA) is 164 Å². The predicted octanol–water partition coefficient (Wildman–Crippen LogP) is 0.714. The molecule has 4 N–H and O–H groups in total. The highest BCUT2D eigenvalue weighted by Crippen LogP contribution is 2.35. The van der Waals surface area contributed by atoms with Gasteiger partial charge in [-0.3, -0.25) is 9.11 Å². The monoisotopic (exact) mass is 382 g/mol. The average molecular weight is 382 g/mol. The summed E-state index contributed by atoms with van der Waals surface area (Å²) in [6.45, 7) is 0. The zero-order valence-corrected chi connectivity index (χ0v) is 13.0. The lowest BCUT2D eigenvalue weighted by atomic mass is 10.3. The summed E-state index contributed by atoms with van der Waals surface area (Å²) in [5.74, 6) is -2.09. The van der Waals surface area contributed by atoms with Gasteiger partial charge in [0.2, 0.25) is 5.95 Å². The molecule has 0 saturated heterocycles. The van der Waals surface area contributed by atoms with Crippen molar-refractivity contribution >= 4 is 37.6 Å². The van der Waals surface area contributed by atoms with E-state index in [1.807, 2.05) is 0 Å². The summed E-state index contributed by atoms with van der Waals surface area (Å²) >= 11 is 0. The standard InChI is InChI=1S/C10H8F2N4O6S2/c11-9-1-2-14-10(15-9)16(12)6-3-5(13)7(23(17,18)19)4-8(6)24(20,21)22/h1-4H,13H2,(H,17,18,19)(H,20,21,22). The third kappa shape index (κ3) is 3.56. The molecule has 0 aliphatic heterocycles. The summed E-state index contributed by atoms with van der Waals surface area (Å²) in [7, 11) is -10.1. The summed E-state index contributed by atoms with van der Waals surface area (Å²) in [5.41, 5.74) is 3.61. The van der Waals surface area contributed by atoms with Gasteiger partial charge < -0.3 is 5.73 Å². The van der Waals surface area contributed by atoms with Crippen LogP contribution in [-0.2, 0) is 20.2 Å². The van der Waals surface area contributed by atoms with E-state index >= 15 is 0 Å². The van der Waals surface area contributed by atoms with Gasteiger partial charge >= 0.3 is 0 Å². The zero-order chi connectivity index (χ0) is 18.3. The molecule has 2 rings (SSSR count). The second-order valence-electron chi connectivity index (χ2n) is 4.27. The molecule has 24 heavy (non-hydrogen) atoms. The van der Waals surface area contributed by atoms with Crippen molar-refractivity contribution in [1.29, 1.82) is 0 Å². The predicted molar refractivity (Wildman–Crippen MR) is 75.7 cm³/mol. The average Bonchev–Trinajstić information content (AvgIpc) is 2.43. The summed E-state index contributed by atoms with van der Waals surface area (Å²) < 4.78 is 90.5. The van der Waals surface area contributed by atoms with E-state index in [4.69, 9.17) is 14.8 Å². The van der Waals surface area contributed by atoms with Crippen LogP contribution in [0.5, 0.6) is 0 Å². The van der Waals surface area contributed by atoms with Gasteiger partial charge in [-0.1, -0.05) is 4.48 Å². The molecular weight excluding hydrogens is 374 g/mol. The molecule has 0 atom stereocenters. The van der Waals surface area contributed by atoms with E-state index in [1.165, 1.54) is 0 Å². The molecule has 0 bridgehead atoms. The fourth-order valence-electron chi connectivity index (χ4n) is 1.68. The molecule has 0 aliphatic rings. The number of nitrogens with zero attached hydrogens (tertiary/aromatic N) is 3. The van der Waals surface area contributed by atoms with E-state index in [0.717, 1.165) is 12.3 Å². The first-order valence-electron chi connectivity index (χ1n) is 5.74. The number of nitrogens with two attached hydrogens (primary N) is 1. The third-order valence-electron chi connectivity index (χ3n) is 2.64. The van der Waals surface area contributed by atoms with E-state index in [2.05, 4.69) is 9.97 Å². The van der Waals surface area contributed by atoms with Crippen molar-refractivity contribution in [3.63, 3.8) is 0 Å². The van der Waals surface area contributed by atoms with E-state index in [1.54, 1.807) is 0 Å². The van der Waals surface area contributed by atoms with E-state index in [0.29, 0.717) is 6.07 Å². The van der Waals surface area contributed by atoms with E-state index < -0.39 is 58.4 Å². The van der Waals surface area contributed by atoms with Gasteiger partial charge in [0.25, 0.3) is 26.2 Å². The number of hydrogen-bond acceptors (Lipinski definition) is 8. The molecule has 2 aromatic rings. The molecule has 0 aliphatic carbocycles. The molecule has 1 aromatic carbocycles. The lowest BCUT2D eigenvalue weighted by molar-refractivity contribution is 0.465. The Kier molecular flexibility index (Phi) is 4.40. The summed E-state index contributed by atoms with van der Waals surface area (Å²) in [5, 5.41) is -0.531. The van der Waals surface area contributed by atoms with Crippen LogP contribution in [0.1, 0.15) is 0 Å². The van der Waals surface area contributed by atoms with Crippen LogP contribution in [-0.4, -0.2) is 35.9 Å². The van der Waals surface area contributed by atoms with Gasteiger partial charge in [0, 0.05) is 12.3 Å². The van der Waals surface area contributed by atoms with Crippen LogP contribution < -0.4 is 10.9 Å². The molecule has 0 spiro atoms. The largest absolute Gasteiger partial charge is 0.398 e. The Bertz CT molecular complexity index is 1010. The van der Waals surface area contributed by atoms with Crippen molar-refractivity contribution in [3.8, 4) is 0 Å². The maximum atomic E-state index is 14.3. The first-order chi connectivity index (χ1) is 10.9. The van der Waals surface area contributed by atoms with Crippen molar-refractivity contribution in [2.45, 2.75) is 9.79 Å². The van der Waals surface area contributed by atoms with Gasteiger partial charge in [0.1, 0.15) is 15.5 Å². The minimum atomic E-state index is -5.16. The van der Waals surface area contributed by atoms with E-state index in [9.17, 15) is 25.7 Å². The summed E-state index contributed by atoms with van der Waals surface area (Å²) in [6.07, 6.45) is 0.827. The number of rotatable bonds is 4. The lowest BCUT2D eigenvalue weighted by Crippen LogP contribution is -2.15. The normalized spacial score (nSPS) is 12.2. The fraction of sp³-hybridized carbons (Fsp3) is 0. The summed E-state index contributed by atoms with van der Waals surface area (Å²) in [6, 6.07) is 1.51. The van der Waals surface area contributed by atoms with Crippen molar-refractivity contribution in [2.24, 2.45) is 0 Å². The molecule has 1 aromatic heterocycles. The Morgan fingerprint density at radius 1 is 1.08 bits per heavy atom. The molecule has 130 valence electrons. The SMILES string of the molecule is Nc1cc(N(F)c2nccc(F)n2)c(S(=O)(=O)O)cc1S(=O)(=O)O. The van der Waals surface area contributed by atoms with Crippen molar-refractivity contribution in [1.82, 2.24) is 9.97 Å². The van der Waals surface area contributed by atoms with Crippen LogP contribution in [0, 0.1) is 5.95 Å². The maximum Gasteiger partial charge on any atom is 0.296 e. The molecular formula is C10H8F2N4O6S2. The maximum absolute atomic E-state index is 14.3. The molecule has 1 heterocycles. The smallest absolute Gasteiger partial charge is 0.296 e. The van der Waals surface area contributed by atoms with Crippen LogP contribution in [0.2, 0.25) is 0 Å². The molecule has 0 amide bonds. The molecule has 0 unspecified atom stereocenters. The molecule has 0 saturated carbocycles. The Morgan fingerprint density at radius 3 is 2.17 bits per heavy atom. The highest BCUT2D eigenvalue weighted by atomic mass is 32.2. The lowest BCUT2D eigenvalue weighted by Gasteiger charge is -2.16. The van der Waals surface area contributed by atoms with Crippen molar-refractivity contribution in [2.75, 3.05) is 10.9 Å². The zero-order valence-electron chi connectivity index (χ0n) is 11.3. The Labute approximate surface area is 134 Å². The number of nitrogen functional groups attached to an aromatic ring is 1. The second kappa shape index (κ2) is 5.90. The van der Waals surface area contributed by atoms with Crippen LogP contribution >= 0.6 is 0 Å². The van der Waals surface area contributed by atoms with Crippen molar-refractivity contribution < 1.29 is 34.8 Å². The van der Waals surface area contributed by atoms with Crippen molar-refractivity contribution in [3.05, 3.63) is 30.3 Å². The van der Waals surface area contributed by atoms with Crippen LogP contribution in [0.25, 0.3) is 0 Å². The molecule has 14 heteroatoms. The Balaban J connectivity index is 2.76. The van der Waals surface area contributed by atoms with Gasteiger partial charge in [-0.25, -0.2) is 4.98 Å². The van der Waals surface area contributed by atoms with Gasteiger partial charge in [-0.15, -0.1) is 5.12 Å². The Morgan fingerprint density at radius 2 is 1.67 bits per heavy atom. The number of anilines is 3. The van der Waals surface area contributed by atoms with E-state index in [-0.39, 0.29) is 6.07 Å². The molecule has 0 fully saturated rings. The first-order valence-corrected chi connectivity index (χ1v) is 8.62. The van der Waals surface area contributed by atoms with Gasteiger partial charge in [0.05, 0.1) is 5.69 Å². The summed E-state index contributed by atoms with van der Waals surface area (Å²) in [4.78, 5) is 4.08. The molecule has 10 nitrogen and oxygen atoms in total. The molecule has 0 radical (unpaired) electrons. The number of aromatic nitrogens is 2. The number of halogens is 2.